The first-order chi connectivity index (χ1) is 11.2. The summed E-state index contributed by atoms with van der Waals surface area (Å²) in [6.45, 7) is 5.19. The van der Waals surface area contributed by atoms with E-state index in [1.54, 1.807) is 18.3 Å². The zero-order valence-electron chi connectivity index (χ0n) is 12.5. The van der Waals surface area contributed by atoms with E-state index in [-0.39, 0.29) is 6.29 Å². The molecule has 2 aromatic heterocycles. The van der Waals surface area contributed by atoms with E-state index < -0.39 is 0 Å². The van der Waals surface area contributed by atoms with E-state index in [9.17, 15) is 0 Å². The Morgan fingerprint density at radius 2 is 2.17 bits per heavy atom. The molecule has 0 atom stereocenters. The predicted molar refractivity (Wildman–Crippen MR) is 95.4 cm³/mol. The molecule has 0 radical (unpaired) electrons. The molecular weight excluding hydrogens is 332 g/mol. The van der Waals surface area contributed by atoms with Crippen molar-refractivity contribution in [2.75, 3.05) is 13.2 Å². The van der Waals surface area contributed by atoms with Crippen molar-refractivity contribution in [2.24, 2.45) is 5.73 Å². The van der Waals surface area contributed by atoms with Crippen molar-refractivity contribution in [2.45, 2.75) is 12.7 Å². The molecule has 1 aliphatic heterocycles. The first-order valence-corrected chi connectivity index (χ1v) is 8.46. The average Bonchev–Trinajstić information content (AvgIpc) is 3.02. The van der Waals surface area contributed by atoms with Gasteiger partial charge in [-0.1, -0.05) is 30.3 Å². The third-order valence-electron chi connectivity index (χ3n) is 3.44. The van der Waals surface area contributed by atoms with Crippen molar-refractivity contribution < 1.29 is 9.47 Å². The molecule has 120 valence electrons. The molecule has 2 aromatic rings. The quantitative estimate of drug-likeness (QED) is 0.844. The van der Waals surface area contributed by atoms with Gasteiger partial charge in [-0.3, -0.25) is 4.98 Å². The largest absolute Gasteiger partial charge is 0.398 e. The molecule has 0 spiro atoms. The minimum absolute atomic E-state index is 0.371. The van der Waals surface area contributed by atoms with Crippen LogP contribution in [-0.4, -0.2) is 24.5 Å². The van der Waals surface area contributed by atoms with Crippen LogP contribution in [0.1, 0.15) is 11.3 Å². The Kier molecular flexibility index (Phi) is 5.13. The number of pyridine rings is 1. The van der Waals surface area contributed by atoms with Gasteiger partial charge in [0.1, 0.15) is 0 Å². The molecule has 4 nitrogen and oxygen atoms in total. The zero-order valence-corrected chi connectivity index (χ0v) is 14.1. The molecule has 23 heavy (non-hydrogen) atoms. The van der Waals surface area contributed by atoms with Crippen LogP contribution in [0.3, 0.4) is 0 Å². The number of halogens is 1. The van der Waals surface area contributed by atoms with Gasteiger partial charge in [-0.15, -0.1) is 11.3 Å². The molecule has 0 amide bonds. The fourth-order valence-electron chi connectivity index (χ4n) is 2.24. The van der Waals surface area contributed by atoms with Gasteiger partial charge in [-0.25, -0.2) is 0 Å². The van der Waals surface area contributed by atoms with Gasteiger partial charge in [0.2, 0.25) is 0 Å². The molecule has 0 unspecified atom stereocenters. The SMILES string of the molecule is C=C/C(=C\C=C(/N)c1cc2nccc(Cl)c2s1)C1OCCCO1. The second-order valence-corrected chi connectivity index (χ2v) is 6.50. The van der Waals surface area contributed by atoms with Crippen molar-refractivity contribution in [1.29, 1.82) is 0 Å². The summed E-state index contributed by atoms with van der Waals surface area (Å²) in [5.74, 6) is 0. The van der Waals surface area contributed by atoms with Crippen LogP contribution < -0.4 is 5.73 Å². The normalized spacial score (nSPS) is 17.6. The highest BCUT2D eigenvalue weighted by atomic mass is 35.5. The summed E-state index contributed by atoms with van der Waals surface area (Å²) in [6, 6.07) is 3.71. The van der Waals surface area contributed by atoms with E-state index in [4.69, 9.17) is 26.8 Å². The number of fused-ring (bicyclic) bond motifs is 1. The molecule has 2 N–H and O–H groups in total. The number of hydrogen-bond donors (Lipinski definition) is 1. The number of hydrogen-bond acceptors (Lipinski definition) is 5. The Labute approximate surface area is 143 Å². The van der Waals surface area contributed by atoms with Crippen LogP contribution >= 0.6 is 22.9 Å². The number of thiophene rings is 1. The average molecular weight is 349 g/mol. The van der Waals surface area contributed by atoms with E-state index in [0.717, 1.165) is 27.1 Å². The minimum Gasteiger partial charge on any atom is -0.398 e. The van der Waals surface area contributed by atoms with Crippen molar-refractivity contribution in [1.82, 2.24) is 4.98 Å². The van der Waals surface area contributed by atoms with Crippen LogP contribution in [0.25, 0.3) is 15.9 Å². The molecule has 3 rings (SSSR count). The number of ether oxygens (including phenoxy) is 2. The number of rotatable bonds is 4. The lowest BCUT2D eigenvalue weighted by molar-refractivity contribution is -0.154. The third kappa shape index (κ3) is 3.64. The fourth-order valence-corrected chi connectivity index (χ4v) is 3.47. The topological polar surface area (TPSA) is 57.4 Å². The van der Waals surface area contributed by atoms with E-state index in [1.807, 2.05) is 18.2 Å². The molecule has 1 fully saturated rings. The Morgan fingerprint density at radius 3 is 2.87 bits per heavy atom. The molecule has 0 saturated carbocycles. The van der Waals surface area contributed by atoms with Gasteiger partial charge in [0.15, 0.2) is 6.29 Å². The third-order valence-corrected chi connectivity index (χ3v) is 5.07. The van der Waals surface area contributed by atoms with Crippen LogP contribution in [0.15, 0.2) is 48.7 Å². The predicted octanol–water partition coefficient (Wildman–Crippen LogP) is 4.12. The van der Waals surface area contributed by atoms with E-state index >= 15 is 0 Å². The highest BCUT2D eigenvalue weighted by Gasteiger charge is 2.16. The summed E-state index contributed by atoms with van der Waals surface area (Å²) in [7, 11) is 0. The van der Waals surface area contributed by atoms with Crippen LogP contribution in [0.2, 0.25) is 5.02 Å². The molecule has 1 aliphatic rings. The summed E-state index contributed by atoms with van der Waals surface area (Å²) in [6.07, 6.45) is 7.66. The van der Waals surface area contributed by atoms with Crippen LogP contribution in [0.5, 0.6) is 0 Å². The van der Waals surface area contributed by atoms with Gasteiger partial charge in [0, 0.05) is 17.5 Å². The Morgan fingerprint density at radius 1 is 1.39 bits per heavy atom. The molecule has 3 heterocycles. The summed E-state index contributed by atoms with van der Waals surface area (Å²) in [5.41, 5.74) is 8.52. The number of nitrogens with zero attached hydrogens (tertiary/aromatic N) is 1. The van der Waals surface area contributed by atoms with Crippen molar-refractivity contribution in [3.63, 3.8) is 0 Å². The molecule has 1 saturated heterocycles. The molecule has 0 aromatic carbocycles. The van der Waals surface area contributed by atoms with Gasteiger partial charge < -0.3 is 15.2 Å². The second kappa shape index (κ2) is 7.27. The van der Waals surface area contributed by atoms with E-state index in [0.29, 0.717) is 23.9 Å². The lowest BCUT2D eigenvalue weighted by Crippen LogP contribution is -2.26. The van der Waals surface area contributed by atoms with E-state index in [1.165, 1.54) is 11.3 Å². The number of aromatic nitrogens is 1. The zero-order chi connectivity index (χ0) is 16.2. The first kappa shape index (κ1) is 16.2. The minimum atomic E-state index is -0.371. The van der Waals surface area contributed by atoms with Crippen LogP contribution in [0.4, 0.5) is 0 Å². The maximum absolute atomic E-state index is 6.18. The maximum Gasteiger partial charge on any atom is 0.183 e. The van der Waals surface area contributed by atoms with E-state index in [2.05, 4.69) is 11.6 Å². The van der Waals surface area contributed by atoms with Crippen LogP contribution in [0, 0.1) is 0 Å². The highest BCUT2D eigenvalue weighted by Crippen LogP contribution is 2.32. The van der Waals surface area contributed by atoms with Crippen molar-refractivity contribution in [3.05, 3.63) is 58.6 Å². The highest BCUT2D eigenvalue weighted by molar-refractivity contribution is 7.20. The molecule has 6 heteroatoms. The van der Waals surface area contributed by atoms with Gasteiger partial charge in [0.25, 0.3) is 0 Å². The van der Waals surface area contributed by atoms with Crippen molar-refractivity contribution >= 4 is 38.9 Å². The summed E-state index contributed by atoms with van der Waals surface area (Å²) in [5, 5.41) is 0.686. The molecule has 0 bridgehead atoms. The summed E-state index contributed by atoms with van der Waals surface area (Å²) < 4.78 is 12.1. The summed E-state index contributed by atoms with van der Waals surface area (Å²) in [4.78, 5) is 5.22. The Hall–Kier alpha value is -1.66. The smallest absolute Gasteiger partial charge is 0.183 e. The van der Waals surface area contributed by atoms with Gasteiger partial charge >= 0.3 is 0 Å². The van der Waals surface area contributed by atoms with Gasteiger partial charge in [0.05, 0.1) is 33.3 Å². The summed E-state index contributed by atoms with van der Waals surface area (Å²) >= 11 is 7.70. The van der Waals surface area contributed by atoms with Gasteiger partial charge in [-0.2, -0.15) is 0 Å². The molecular formula is C17H17ClN2O2S. The monoisotopic (exact) mass is 348 g/mol. The molecule has 0 aliphatic carbocycles. The maximum atomic E-state index is 6.18. The standard InChI is InChI=1S/C17H17ClN2O2S/c1-2-11(17-21-8-3-9-22-17)4-5-13(19)15-10-14-16(23-15)12(18)6-7-20-14/h2,4-7,10,17H,1,3,8-9,19H2/b11-4+,13-5-. The number of allylic oxidation sites excluding steroid dienone is 2. The Bertz CT molecular complexity index is 776. The lowest BCUT2D eigenvalue weighted by Gasteiger charge is -2.23. The van der Waals surface area contributed by atoms with Gasteiger partial charge in [-0.05, 0) is 24.6 Å². The first-order valence-electron chi connectivity index (χ1n) is 7.26. The van der Waals surface area contributed by atoms with Crippen molar-refractivity contribution in [3.8, 4) is 0 Å². The Balaban J connectivity index is 1.86. The van der Waals surface area contributed by atoms with Crippen LogP contribution in [-0.2, 0) is 9.47 Å². The number of nitrogens with two attached hydrogens (primary N) is 1. The fraction of sp³-hybridized carbons (Fsp3) is 0.235. The second-order valence-electron chi connectivity index (χ2n) is 5.04. The lowest BCUT2D eigenvalue weighted by atomic mass is 10.2.